The van der Waals surface area contributed by atoms with Gasteiger partial charge in [0.25, 0.3) is 0 Å². The Morgan fingerprint density at radius 3 is 2.03 bits per heavy atom. The third kappa shape index (κ3) is 14.6. The van der Waals surface area contributed by atoms with E-state index in [2.05, 4.69) is 12.2 Å². The molecule has 9 nitrogen and oxygen atoms in total. The number of hydrogen-bond donors (Lipinski definition) is 2. The molecule has 0 bridgehead atoms. The van der Waals surface area contributed by atoms with Crippen molar-refractivity contribution in [3.8, 4) is 0 Å². The summed E-state index contributed by atoms with van der Waals surface area (Å²) in [6.45, 7) is 5.30. The summed E-state index contributed by atoms with van der Waals surface area (Å²) < 4.78 is 10.8. The van der Waals surface area contributed by atoms with Gasteiger partial charge in [0, 0.05) is 26.7 Å². The summed E-state index contributed by atoms with van der Waals surface area (Å²) in [5, 5.41) is 2.93. The molecule has 1 aliphatic heterocycles. The smallest absolute Gasteiger partial charge is 0.407 e. The molecule has 216 valence electrons. The molecule has 9 heteroatoms. The number of urea groups is 1. The van der Waals surface area contributed by atoms with Crippen LogP contribution in [0.5, 0.6) is 0 Å². The highest BCUT2D eigenvalue weighted by atomic mass is 16.5. The average Bonchev–Trinajstić information content (AvgIpc) is 3.15. The van der Waals surface area contributed by atoms with Crippen molar-refractivity contribution in [2.45, 2.75) is 122 Å². The van der Waals surface area contributed by atoms with E-state index in [4.69, 9.17) is 15.2 Å². The largest absolute Gasteiger partial charge is 0.449 e. The van der Waals surface area contributed by atoms with E-state index in [1.165, 1.54) is 80.4 Å². The van der Waals surface area contributed by atoms with Gasteiger partial charge >= 0.3 is 12.1 Å². The third-order valence-corrected chi connectivity index (χ3v) is 7.15. The maximum absolute atomic E-state index is 12.3. The molecule has 4 amide bonds. The van der Waals surface area contributed by atoms with Gasteiger partial charge in [-0.2, -0.15) is 0 Å². The normalized spacial score (nSPS) is 15.4. The first-order valence-electron chi connectivity index (χ1n) is 14.7. The number of unbranched alkanes of at least 4 members (excludes halogenated alkanes) is 12. The van der Waals surface area contributed by atoms with E-state index >= 15 is 0 Å². The van der Waals surface area contributed by atoms with E-state index in [-0.39, 0.29) is 43.8 Å². The van der Waals surface area contributed by atoms with Gasteiger partial charge in [-0.25, -0.2) is 9.59 Å². The van der Waals surface area contributed by atoms with Crippen LogP contribution in [0.15, 0.2) is 0 Å². The zero-order chi connectivity index (χ0) is 27.3. The minimum Gasteiger partial charge on any atom is -0.449 e. The highest BCUT2D eigenvalue weighted by Gasteiger charge is 2.34. The number of methoxy groups -OCH3 is 1. The second-order valence-electron chi connectivity index (χ2n) is 10.3. The first kappa shape index (κ1) is 33.2. The van der Waals surface area contributed by atoms with Crippen molar-refractivity contribution in [3.63, 3.8) is 0 Å². The molecule has 1 saturated heterocycles. The SMILES string of the molecule is CCCCCCCCCCCCCCCC(NC(=O)OCCCN1C(=O)CN(CCN)C1=O)C(C)OC. The second-order valence-corrected chi connectivity index (χ2v) is 10.3. The number of imide groups is 1. The first-order chi connectivity index (χ1) is 17.9. The number of ether oxygens (including phenoxy) is 2. The Morgan fingerprint density at radius 2 is 1.49 bits per heavy atom. The molecule has 0 spiro atoms. The lowest BCUT2D eigenvalue weighted by molar-refractivity contribution is -0.125. The van der Waals surface area contributed by atoms with Crippen LogP contribution >= 0.6 is 0 Å². The van der Waals surface area contributed by atoms with E-state index in [0.717, 1.165) is 19.3 Å². The molecule has 37 heavy (non-hydrogen) atoms. The highest BCUT2D eigenvalue weighted by molar-refractivity contribution is 6.01. The number of nitrogens with one attached hydrogen (secondary N) is 1. The Balaban J connectivity index is 2.14. The van der Waals surface area contributed by atoms with E-state index in [0.29, 0.717) is 19.5 Å². The van der Waals surface area contributed by atoms with E-state index in [1.54, 1.807) is 7.11 Å². The van der Waals surface area contributed by atoms with Crippen LogP contribution in [-0.2, 0) is 14.3 Å². The van der Waals surface area contributed by atoms with Crippen LogP contribution < -0.4 is 11.1 Å². The Kier molecular flexibility index (Phi) is 18.9. The topological polar surface area (TPSA) is 114 Å². The minimum atomic E-state index is -0.493. The van der Waals surface area contributed by atoms with Crippen molar-refractivity contribution in [1.29, 1.82) is 0 Å². The Morgan fingerprint density at radius 1 is 0.919 bits per heavy atom. The minimum absolute atomic E-state index is 0.0627. The van der Waals surface area contributed by atoms with Crippen molar-refractivity contribution in [2.75, 3.05) is 39.9 Å². The lowest BCUT2D eigenvalue weighted by Gasteiger charge is -2.24. The summed E-state index contributed by atoms with van der Waals surface area (Å²) in [5.74, 6) is -0.241. The fourth-order valence-corrected chi connectivity index (χ4v) is 4.70. The number of carbonyl (C=O) groups is 3. The predicted octanol–water partition coefficient (Wildman–Crippen LogP) is 5.21. The van der Waals surface area contributed by atoms with E-state index in [1.807, 2.05) is 6.92 Å². The Hall–Kier alpha value is -1.87. The van der Waals surface area contributed by atoms with E-state index in [9.17, 15) is 14.4 Å². The van der Waals surface area contributed by atoms with Gasteiger partial charge in [-0.1, -0.05) is 90.4 Å². The summed E-state index contributed by atoms with van der Waals surface area (Å²) in [4.78, 5) is 39.1. The van der Waals surface area contributed by atoms with Crippen molar-refractivity contribution < 1.29 is 23.9 Å². The number of nitrogens with zero attached hydrogens (tertiary/aromatic N) is 2. The molecule has 1 rings (SSSR count). The molecule has 1 fully saturated rings. The summed E-state index contributed by atoms with van der Waals surface area (Å²) in [7, 11) is 1.65. The van der Waals surface area contributed by atoms with Crippen LogP contribution in [0.2, 0.25) is 0 Å². The number of carbonyl (C=O) groups excluding carboxylic acids is 3. The molecular weight excluding hydrogens is 472 g/mol. The maximum atomic E-state index is 12.3. The quantitative estimate of drug-likeness (QED) is 0.140. The summed E-state index contributed by atoms with van der Waals surface area (Å²) in [5.41, 5.74) is 5.48. The Labute approximate surface area is 225 Å². The van der Waals surface area contributed by atoms with Crippen LogP contribution in [-0.4, -0.2) is 79.9 Å². The molecule has 0 saturated carbocycles. The van der Waals surface area contributed by atoms with Gasteiger partial charge < -0.3 is 25.4 Å². The molecule has 0 aliphatic carbocycles. The van der Waals surface area contributed by atoms with Gasteiger partial charge in [0.15, 0.2) is 0 Å². The van der Waals surface area contributed by atoms with Crippen LogP contribution in [0, 0.1) is 0 Å². The molecular formula is C28H54N4O5. The highest BCUT2D eigenvalue weighted by Crippen LogP contribution is 2.15. The predicted molar refractivity (Wildman–Crippen MR) is 147 cm³/mol. The average molecular weight is 527 g/mol. The van der Waals surface area contributed by atoms with Gasteiger partial charge in [-0.3, -0.25) is 9.69 Å². The van der Waals surface area contributed by atoms with Gasteiger partial charge in [0.2, 0.25) is 5.91 Å². The van der Waals surface area contributed by atoms with Crippen LogP contribution in [0.3, 0.4) is 0 Å². The lowest BCUT2D eigenvalue weighted by Crippen LogP contribution is -2.43. The molecule has 2 unspecified atom stereocenters. The van der Waals surface area contributed by atoms with Crippen molar-refractivity contribution in [1.82, 2.24) is 15.1 Å². The maximum Gasteiger partial charge on any atom is 0.407 e. The molecule has 1 aliphatic rings. The van der Waals surface area contributed by atoms with Gasteiger partial charge in [0.1, 0.15) is 6.54 Å². The van der Waals surface area contributed by atoms with Gasteiger partial charge in [0.05, 0.1) is 18.8 Å². The summed E-state index contributed by atoms with van der Waals surface area (Å²) in [6, 6.07) is -0.441. The number of hydrogen-bond acceptors (Lipinski definition) is 6. The van der Waals surface area contributed by atoms with Crippen molar-refractivity contribution in [3.05, 3.63) is 0 Å². The number of alkyl carbamates (subject to hydrolysis) is 1. The molecule has 1 heterocycles. The van der Waals surface area contributed by atoms with Crippen LogP contribution in [0.1, 0.15) is 110 Å². The van der Waals surface area contributed by atoms with Crippen LogP contribution in [0.25, 0.3) is 0 Å². The molecule has 0 aromatic carbocycles. The third-order valence-electron chi connectivity index (χ3n) is 7.15. The number of rotatable bonds is 23. The molecule has 0 aromatic heterocycles. The standard InChI is InChI=1S/C28H54N4O5/c1-4-5-6-7-8-9-10-11-12-13-14-15-16-18-25(24(2)36-3)30-27(34)37-22-17-20-32-26(33)23-31(21-19-29)28(32)35/h24-25H,4-23,29H2,1-3H3,(H,30,34). The molecule has 2 atom stereocenters. The second kappa shape index (κ2) is 21.1. The lowest BCUT2D eigenvalue weighted by atomic mass is 10.0. The van der Waals surface area contributed by atoms with E-state index < -0.39 is 6.09 Å². The van der Waals surface area contributed by atoms with Crippen LogP contribution in [0.4, 0.5) is 9.59 Å². The Bertz CT molecular complexity index is 634. The number of nitrogens with two attached hydrogens (primary N) is 1. The van der Waals surface area contributed by atoms with Gasteiger partial charge in [-0.05, 0) is 19.8 Å². The van der Waals surface area contributed by atoms with Crippen molar-refractivity contribution in [2.24, 2.45) is 5.73 Å². The van der Waals surface area contributed by atoms with Gasteiger partial charge in [-0.15, -0.1) is 0 Å². The molecule has 0 radical (unpaired) electrons. The zero-order valence-corrected chi connectivity index (χ0v) is 23.8. The molecule has 3 N–H and O–H groups in total. The summed E-state index contributed by atoms with van der Waals surface area (Å²) >= 11 is 0. The summed E-state index contributed by atoms with van der Waals surface area (Å²) in [6.07, 6.45) is 17.6. The number of amides is 4. The monoisotopic (exact) mass is 526 g/mol. The molecule has 0 aromatic rings. The zero-order valence-electron chi connectivity index (χ0n) is 23.8. The first-order valence-corrected chi connectivity index (χ1v) is 14.7. The fraction of sp³-hybridized carbons (Fsp3) is 0.893. The van der Waals surface area contributed by atoms with Crippen molar-refractivity contribution >= 4 is 18.0 Å². The fourth-order valence-electron chi connectivity index (χ4n) is 4.70.